The standard InChI is InChI=1S/C4H9FN2O/c1-6-7(2)4(5)8-3/h4H,1H2,2-3H3. The van der Waals surface area contributed by atoms with E-state index >= 15 is 0 Å². The van der Waals surface area contributed by atoms with Gasteiger partial charge in [-0.1, -0.05) is 0 Å². The molecule has 0 aliphatic rings. The van der Waals surface area contributed by atoms with Gasteiger partial charge in [0, 0.05) is 20.9 Å². The predicted octanol–water partition coefficient (Wildman–Crippen LogP) is 0.433. The average molecular weight is 120 g/mol. The molecular weight excluding hydrogens is 111 g/mol. The van der Waals surface area contributed by atoms with Crippen molar-refractivity contribution in [3.8, 4) is 0 Å². The van der Waals surface area contributed by atoms with Gasteiger partial charge in [-0.3, -0.25) is 0 Å². The van der Waals surface area contributed by atoms with Gasteiger partial charge >= 0.3 is 0 Å². The lowest BCUT2D eigenvalue weighted by atomic mass is 11.0. The summed E-state index contributed by atoms with van der Waals surface area (Å²) >= 11 is 0. The molecule has 0 aromatic carbocycles. The van der Waals surface area contributed by atoms with Crippen LogP contribution in [0.1, 0.15) is 0 Å². The molecule has 0 aromatic heterocycles. The van der Waals surface area contributed by atoms with Crippen molar-refractivity contribution >= 4 is 6.72 Å². The summed E-state index contributed by atoms with van der Waals surface area (Å²) in [5.41, 5.74) is 0. The van der Waals surface area contributed by atoms with Crippen molar-refractivity contribution < 1.29 is 9.13 Å². The van der Waals surface area contributed by atoms with Gasteiger partial charge in [-0.25, -0.2) is 5.01 Å². The second kappa shape index (κ2) is 3.37. The van der Waals surface area contributed by atoms with Gasteiger partial charge in [-0.2, -0.15) is 9.49 Å². The Balaban J connectivity index is 3.44. The van der Waals surface area contributed by atoms with Crippen LogP contribution < -0.4 is 0 Å². The van der Waals surface area contributed by atoms with Crippen molar-refractivity contribution in [2.24, 2.45) is 5.10 Å². The van der Waals surface area contributed by atoms with E-state index in [1.54, 1.807) is 0 Å². The molecule has 0 bridgehead atoms. The molecule has 0 heterocycles. The Hall–Kier alpha value is -0.640. The van der Waals surface area contributed by atoms with E-state index in [2.05, 4.69) is 16.6 Å². The Morgan fingerprint density at radius 2 is 2.38 bits per heavy atom. The maximum absolute atomic E-state index is 12.1. The van der Waals surface area contributed by atoms with E-state index in [-0.39, 0.29) is 0 Å². The number of nitrogens with zero attached hydrogens (tertiary/aromatic N) is 2. The molecule has 0 amide bonds. The Kier molecular flexibility index (Phi) is 3.10. The van der Waals surface area contributed by atoms with Crippen LogP contribution in [0.15, 0.2) is 5.10 Å². The second-order valence-corrected chi connectivity index (χ2v) is 1.24. The normalized spacial score (nSPS) is 12.9. The van der Waals surface area contributed by atoms with Gasteiger partial charge in [0.15, 0.2) is 0 Å². The first-order valence-electron chi connectivity index (χ1n) is 2.08. The Morgan fingerprint density at radius 1 is 1.88 bits per heavy atom. The zero-order valence-electron chi connectivity index (χ0n) is 4.97. The van der Waals surface area contributed by atoms with Gasteiger partial charge in [0.25, 0.3) is 6.48 Å². The molecule has 0 saturated heterocycles. The number of hydrogen-bond donors (Lipinski definition) is 0. The molecule has 1 unspecified atom stereocenters. The number of rotatable bonds is 3. The summed E-state index contributed by atoms with van der Waals surface area (Å²) in [6.07, 6.45) is 0. The number of hydrazone groups is 1. The van der Waals surface area contributed by atoms with Gasteiger partial charge in [0.05, 0.1) is 0 Å². The number of methoxy groups -OCH3 is 1. The van der Waals surface area contributed by atoms with Crippen molar-refractivity contribution in [3.05, 3.63) is 0 Å². The van der Waals surface area contributed by atoms with Gasteiger partial charge in [0.1, 0.15) is 0 Å². The number of ether oxygens (including phenoxy) is 1. The summed E-state index contributed by atoms with van der Waals surface area (Å²) in [5, 5.41) is 4.21. The van der Waals surface area contributed by atoms with E-state index in [9.17, 15) is 4.39 Å². The molecule has 3 nitrogen and oxygen atoms in total. The summed E-state index contributed by atoms with van der Waals surface area (Å²) in [4.78, 5) is 0. The highest BCUT2D eigenvalue weighted by molar-refractivity contribution is 5.22. The van der Waals surface area contributed by atoms with Crippen LogP contribution in [0.2, 0.25) is 0 Å². The summed E-state index contributed by atoms with van der Waals surface area (Å²) < 4.78 is 16.3. The van der Waals surface area contributed by atoms with Crippen LogP contribution in [-0.2, 0) is 4.74 Å². The van der Waals surface area contributed by atoms with Crippen LogP contribution in [0.5, 0.6) is 0 Å². The first-order valence-corrected chi connectivity index (χ1v) is 2.08. The van der Waals surface area contributed by atoms with Crippen molar-refractivity contribution in [2.75, 3.05) is 14.2 Å². The zero-order valence-corrected chi connectivity index (χ0v) is 4.97. The third kappa shape index (κ3) is 1.88. The van der Waals surface area contributed by atoms with Crippen LogP contribution in [0.25, 0.3) is 0 Å². The van der Waals surface area contributed by atoms with Gasteiger partial charge < -0.3 is 4.74 Å². The molecule has 8 heavy (non-hydrogen) atoms. The highest BCUT2D eigenvalue weighted by Crippen LogP contribution is 1.96. The van der Waals surface area contributed by atoms with Gasteiger partial charge in [0.2, 0.25) is 0 Å². The van der Waals surface area contributed by atoms with Gasteiger partial charge in [-0.15, -0.1) is 0 Å². The minimum absolute atomic E-state index is 0.972. The molecule has 0 saturated carbocycles. The quantitative estimate of drug-likeness (QED) is 0.233. The lowest BCUT2D eigenvalue weighted by Crippen LogP contribution is -2.23. The first kappa shape index (κ1) is 7.36. The summed E-state index contributed by atoms with van der Waals surface area (Å²) in [6.45, 7) is 1.61. The van der Waals surface area contributed by atoms with E-state index in [0.29, 0.717) is 0 Å². The fourth-order valence-electron chi connectivity index (χ4n) is 0.217. The molecule has 0 radical (unpaired) electrons. The van der Waals surface area contributed by atoms with E-state index in [4.69, 9.17) is 0 Å². The highest BCUT2D eigenvalue weighted by Gasteiger charge is 2.05. The summed E-state index contributed by atoms with van der Waals surface area (Å²) in [7, 11) is 2.69. The Bertz CT molecular complexity index is 78.4. The smallest absolute Gasteiger partial charge is 0.292 e. The molecule has 0 aromatic rings. The minimum Gasteiger partial charge on any atom is -0.334 e. The first-order chi connectivity index (χ1) is 3.72. The molecule has 0 N–H and O–H groups in total. The Labute approximate surface area is 47.7 Å². The summed E-state index contributed by atoms with van der Waals surface area (Å²) in [5.74, 6) is 0. The van der Waals surface area contributed by atoms with Crippen LogP contribution in [0.4, 0.5) is 4.39 Å². The molecular formula is C4H9FN2O. The maximum atomic E-state index is 12.1. The molecule has 0 rings (SSSR count). The average Bonchev–Trinajstić information content (AvgIpc) is 1.84. The van der Waals surface area contributed by atoms with Crippen LogP contribution >= 0.6 is 0 Å². The molecule has 0 spiro atoms. The molecule has 0 fully saturated rings. The fraction of sp³-hybridized carbons (Fsp3) is 0.750. The molecule has 0 aliphatic carbocycles. The van der Waals surface area contributed by atoms with Crippen LogP contribution in [0.3, 0.4) is 0 Å². The predicted molar refractivity (Wildman–Crippen MR) is 29.2 cm³/mol. The third-order valence-electron chi connectivity index (χ3n) is 0.711. The fourth-order valence-corrected chi connectivity index (χ4v) is 0.217. The van der Waals surface area contributed by atoms with Crippen LogP contribution in [-0.4, -0.2) is 32.4 Å². The van der Waals surface area contributed by atoms with E-state index in [0.717, 1.165) is 5.01 Å². The molecule has 4 heteroatoms. The molecule has 0 aliphatic heterocycles. The number of alkyl halides is 1. The third-order valence-corrected chi connectivity index (χ3v) is 0.711. The summed E-state index contributed by atoms with van der Waals surface area (Å²) in [6, 6.07) is 0. The van der Waals surface area contributed by atoms with Crippen molar-refractivity contribution in [1.29, 1.82) is 0 Å². The van der Waals surface area contributed by atoms with Crippen molar-refractivity contribution in [3.63, 3.8) is 0 Å². The second-order valence-electron chi connectivity index (χ2n) is 1.24. The van der Waals surface area contributed by atoms with Gasteiger partial charge in [-0.05, 0) is 0 Å². The minimum atomic E-state index is -1.48. The van der Waals surface area contributed by atoms with E-state index < -0.39 is 6.48 Å². The largest absolute Gasteiger partial charge is 0.334 e. The maximum Gasteiger partial charge on any atom is 0.292 e. The topological polar surface area (TPSA) is 24.8 Å². The van der Waals surface area contributed by atoms with E-state index in [1.807, 2.05) is 0 Å². The molecule has 48 valence electrons. The lowest BCUT2D eigenvalue weighted by molar-refractivity contribution is -0.110. The Morgan fingerprint density at radius 3 is 2.50 bits per heavy atom. The monoisotopic (exact) mass is 120 g/mol. The van der Waals surface area contributed by atoms with E-state index in [1.165, 1.54) is 14.2 Å². The highest BCUT2D eigenvalue weighted by atomic mass is 19.1. The molecule has 1 atom stereocenters. The lowest BCUT2D eigenvalue weighted by Gasteiger charge is -2.14. The number of halogens is 1. The number of hydrogen-bond acceptors (Lipinski definition) is 3. The zero-order chi connectivity index (χ0) is 6.57. The van der Waals surface area contributed by atoms with Crippen LogP contribution in [0, 0.1) is 0 Å². The van der Waals surface area contributed by atoms with Crippen molar-refractivity contribution in [1.82, 2.24) is 5.01 Å². The van der Waals surface area contributed by atoms with Crippen molar-refractivity contribution in [2.45, 2.75) is 6.48 Å². The SMILES string of the molecule is C=NN(C)C(F)OC.